The van der Waals surface area contributed by atoms with Crippen molar-refractivity contribution in [2.45, 2.75) is 32.9 Å². The highest BCUT2D eigenvalue weighted by Crippen LogP contribution is 2.14. The van der Waals surface area contributed by atoms with Gasteiger partial charge >= 0.3 is 0 Å². The number of nitrogens with two attached hydrogens (primary N) is 1. The van der Waals surface area contributed by atoms with Crippen molar-refractivity contribution in [1.29, 1.82) is 0 Å². The van der Waals surface area contributed by atoms with Crippen molar-refractivity contribution in [3.63, 3.8) is 0 Å². The molecule has 1 amide bonds. The van der Waals surface area contributed by atoms with Crippen molar-refractivity contribution < 1.29 is 4.79 Å². The van der Waals surface area contributed by atoms with Gasteiger partial charge in [-0.2, -0.15) is 0 Å². The molecule has 94 valence electrons. The Balaban J connectivity index is 2.81. The number of hydrogen-bond acceptors (Lipinski definition) is 2. The van der Waals surface area contributed by atoms with Gasteiger partial charge in [-0.15, -0.1) is 0 Å². The molecule has 2 N–H and O–H groups in total. The summed E-state index contributed by atoms with van der Waals surface area (Å²) in [7, 11) is 0. The Hall–Kier alpha value is -1.06. The molecule has 17 heavy (non-hydrogen) atoms. The van der Waals surface area contributed by atoms with Gasteiger partial charge in [-0.1, -0.05) is 23.7 Å². The number of rotatable bonds is 4. The molecule has 4 heteroatoms. The van der Waals surface area contributed by atoms with E-state index in [4.69, 9.17) is 17.3 Å². The fourth-order valence-corrected chi connectivity index (χ4v) is 1.80. The molecule has 3 nitrogen and oxygen atoms in total. The molecule has 1 aromatic carbocycles. The van der Waals surface area contributed by atoms with E-state index in [1.165, 1.54) is 0 Å². The molecule has 0 aromatic heterocycles. The van der Waals surface area contributed by atoms with Gasteiger partial charge in [0, 0.05) is 18.1 Å². The molecule has 0 spiro atoms. The van der Waals surface area contributed by atoms with Crippen molar-refractivity contribution >= 4 is 17.5 Å². The van der Waals surface area contributed by atoms with Crippen molar-refractivity contribution in [3.8, 4) is 0 Å². The lowest BCUT2D eigenvalue weighted by atomic mass is 10.0. The summed E-state index contributed by atoms with van der Waals surface area (Å²) in [6.45, 7) is 6.54. The number of nitrogens with zero attached hydrogens (tertiary/aromatic N) is 1. The highest BCUT2D eigenvalue weighted by atomic mass is 35.5. The molecule has 0 fully saturated rings. The van der Waals surface area contributed by atoms with Crippen LogP contribution < -0.4 is 5.73 Å². The van der Waals surface area contributed by atoms with Gasteiger partial charge in [0.15, 0.2) is 0 Å². The van der Waals surface area contributed by atoms with Gasteiger partial charge in [0.2, 0.25) is 5.91 Å². The van der Waals surface area contributed by atoms with Crippen molar-refractivity contribution in [3.05, 3.63) is 34.9 Å². The Bertz CT molecular complexity index is 399. The molecular weight excluding hydrogens is 236 g/mol. The Morgan fingerprint density at radius 3 is 2.59 bits per heavy atom. The zero-order chi connectivity index (χ0) is 13.1. The first kappa shape index (κ1) is 14.0. The maximum atomic E-state index is 12.1. The SMILES string of the molecule is CCN(Cc1cccc(Cl)c1)C(=O)C(C)(C)N. The summed E-state index contributed by atoms with van der Waals surface area (Å²) in [5.41, 5.74) is 5.99. The normalized spacial score (nSPS) is 11.4. The molecule has 0 unspecified atom stereocenters. The van der Waals surface area contributed by atoms with Gasteiger partial charge in [0.25, 0.3) is 0 Å². The number of likely N-dealkylation sites (N-methyl/N-ethyl adjacent to an activating group) is 1. The molecule has 0 radical (unpaired) electrons. The summed E-state index contributed by atoms with van der Waals surface area (Å²) in [5.74, 6) is -0.0556. The molecular formula is C13H19ClN2O. The smallest absolute Gasteiger partial charge is 0.242 e. The largest absolute Gasteiger partial charge is 0.337 e. The molecule has 0 aliphatic rings. The second-order valence-electron chi connectivity index (χ2n) is 4.67. The number of halogens is 1. The van der Waals surface area contributed by atoms with Gasteiger partial charge in [-0.25, -0.2) is 0 Å². The topological polar surface area (TPSA) is 46.3 Å². The number of carbonyl (C=O) groups is 1. The quantitative estimate of drug-likeness (QED) is 0.897. The first-order chi connectivity index (χ1) is 7.84. The van der Waals surface area contributed by atoms with Crippen LogP contribution in [0.4, 0.5) is 0 Å². The van der Waals surface area contributed by atoms with Crippen LogP contribution in [0.3, 0.4) is 0 Å². The van der Waals surface area contributed by atoms with E-state index < -0.39 is 5.54 Å². The third-order valence-electron chi connectivity index (χ3n) is 2.48. The highest BCUT2D eigenvalue weighted by Gasteiger charge is 2.26. The van der Waals surface area contributed by atoms with Gasteiger partial charge in [-0.3, -0.25) is 4.79 Å². The first-order valence-electron chi connectivity index (χ1n) is 5.67. The van der Waals surface area contributed by atoms with Gasteiger partial charge < -0.3 is 10.6 Å². The predicted octanol–water partition coefficient (Wildman–Crippen LogP) is 2.43. The van der Waals surface area contributed by atoms with Gasteiger partial charge in [0.05, 0.1) is 5.54 Å². The minimum absolute atomic E-state index is 0.0556. The second-order valence-corrected chi connectivity index (χ2v) is 5.11. The average molecular weight is 255 g/mol. The molecule has 1 rings (SSSR count). The van der Waals surface area contributed by atoms with Crippen LogP contribution in [0.15, 0.2) is 24.3 Å². The molecule has 0 atom stereocenters. The lowest BCUT2D eigenvalue weighted by molar-refractivity contribution is -0.136. The Morgan fingerprint density at radius 1 is 1.47 bits per heavy atom. The number of hydrogen-bond donors (Lipinski definition) is 1. The Kier molecular flexibility index (Phi) is 4.54. The number of amides is 1. The minimum Gasteiger partial charge on any atom is -0.337 e. The molecule has 0 aliphatic carbocycles. The number of benzene rings is 1. The molecule has 0 bridgehead atoms. The summed E-state index contributed by atoms with van der Waals surface area (Å²) in [6.07, 6.45) is 0. The lowest BCUT2D eigenvalue weighted by Gasteiger charge is -2.28. The van der Waals surface area contributed by atoms with Crippen LogP contribution in [-0.2, 0) is 11.3 Å². The van der Waals surface area contributed by atoms with E-state index in [9.17, 15) is 4.79 Å². The van der Waals surface area contributed by atoms with Crippen LogP contribution >= 0.6 is 11.6 Å². The van der Waals surface area contributed by atoms with Crippen LogP contribution in [0.2, 0.25) is 5.02 Å². The summed E-state index contributed by atoms with van der Waals surface area (Å²) in [5, 5.41) is 0.679. The van der Waals surface area contributed by atoms with Gasteiger partial charge in [0.1, 0.15) is 0 Å². The van der Waals surface area contributed by atoms with Crippen molar-refractivity contribution in [2.75, 3.05) is 6.54 Å². The maximum absolute atomic E-state index is 12.1. The van der Waals surface area contributed by atoms with E-state index in [2.05, 4.69) is 0 Å². The average Bonchev–Trinajstić information content (AvgIpc) is 2.24. The monoisotopic (exact) mass is 254 g/mol. The van der Waals surface area contributed by atoms with Crippen LogP contribution in [0.1, 0.15) is 26.3 Å². The van der Waals surface area contributed by atoms with E-state index in [1.54, 1.807) is 18.7 Å². The standard InChI is InChI=1S/C13H19ClN2O/c1-4-16(12(17)13(2,3)15)9-10-6-5-7-11(14)8-10/h5-8H,4,9,15H2,1-3H3. The zero-order valence-electron chi connectivity index (χ0n) is 10.5. The second kappa shape index (κ2) is 5.52. The lowest BCUT2D eigenvalue weighted by Crippen LogP contribution is -2.50. The molecule has 1 aromatic rings. The highest BCUT2D eigenvalue weighted by molar-refractivity contribution is 6.30. The van der Waals surface area contributed by atoms with E-state index in [0.29, 0.717) is 18.1 Å². The van der Waals surface area contributed by atoms with Crippen LogP contribution in [0.5, 0.6) is 0 Å². The van der Waals surface area contributed by atoms with Crippen LogP contribution in [0.25, 0.3) is 0 Å². The third kappa shape index (κ3) is 4.02. The molecule has 0 saturated carbocycles. The molecule has 0 saturated heterocycles. The van der Waals surface area contributed by atoms with E-state index in [-0.39, 0.29) is 5.91 Å². The summed E-state index contributed by atoms with van der Waals surface area (Å²) in [4.78, 5) is 13.8. The fourth-order valence-electron chi connectivity index (χ4n) is 1.59. The predicted molar refractivity (Wildman–Crippen MR) is 70.8 cm³/mol. The minimum atomic E-state index is -0.839. The third-order valence-corrected chi connectivity index (χ3v) is 2.72. The van der Waals surface area contributed by atoms with Crippen LogP contribution in [0, 0.1) is 0 Å². The van der Waals surface area contributed by atoms with Crippen molar-refractivity contribution in [2.24, 2.45) is 5.73 Å². The fraction of sp³-hybridized carbons (Fsp3) is 0.462. The number of carbonyl (C=O) groups excluding carboxylic acids is 1. The van der Waals surface area contributed by atoms with Gasteiger partial charge in [-0.05, 0) is 38.5 Å². The zero-order valence-corrected chi connectivity index (χ0v) is 11.3. The molecule has 0 aliphatic heterocycles. The summed E-state index contributed by atoms with van der Waals surface area (Å²) < 4.78 is 0. The molecule has 0 heterocycles. The van der Waals surface area contributed by atoms with E-state index in [0.717, 1.165) is 5.56 Å². The maximum Gasteiger partial charge on any atom is 0.242 e. The van der Waals surface area contributed by atoms with E-state index in [1.807, 2.05) is 31.2 Å². The van der Waals surface area contributed by atoms with Crippen LogP contribution in [-0.4, -0.2) is 22.9 Å². The van der Waals surface area contributed by atoms with E-state index >= 15 is 0 Å². The first-order valence-corrected chi connectivity index (χ1v) is 6.05. The Labute approximate surface area is 108 Å². The Morgan fingerprint density at radius 2 is 2.12 bits per heavy atom. The summed E-state index contributed by atoms with van der Waals surface area (Å²) >= 11 is 5.91. The van der Waals surface area contributed by atoms with Crippen molar-refractivity contribution in [1.82, 2.24) is 4.90 Å². The summed E-state index contributed by atoms with van der Waals surface area (Å²) in [6, 6.07) is 7.51.